The summed E-state index contributed by atoms with van der Waals surface area (Å²) in [5.41, 5.74) is -2.78. The predicted molar refractivity (Wildman–Crippen MR) is 82.7 cm³/mol. The van der Waals surface area contributed by atoms with E-state index in [-0.39, 0.29) is 11.9 Å². The maximum atomic E-state index is 12.9. The van der Waals surface area contributed by atoms with Crippen molar-refractivity contribution in [2.45, 2.75) is 12.4 Å². The Balaban J connectivity index is 1.97. The second-order valence-electron chi connectivity index (χ2n) is 5.31. The largest absolute Gasteiger partial charge is 0.416 e. The van der Waals surface area contributed by atoms with Gasteiger partial charge < -0.3 is 0 Å². The number of alkyl halides is 6. The highest BCUT2D eigenvalue weighted by Gasteiger charge is 2.37. The first-order valence-electron chi connectivity index (χ1n) is 7.30. The summed E-state index contributed by atoms with van der Waals surface area (Å²) in [6.45, 7) is 0. The fraction of sp³-hybridized carbons (Fsp3) is 0.125. The molecule has 3 aromatic rings. The zero-order valence-electron chi connectivity index (χ0n) is 13.2. The second kappa shape index (κ2) is 6.82. The lowest BCUT2D eigenvalue weighted by molar-refractivity contribution is -0.143. The minimum atomic E-state index is -4.94. The van der Waals surface area contributed by atoms with E-state index < -0.39 is 29.0 Å². The quantitative estimate of drug-likeness (QED) is 0.627. The minimum Gasteiger partial charge on any atom is -0.228 e. The van der Waals surface area contributed by atoms with Gasteiger partial charge in [0.2, 0.25) is 0 Å². The van der Waals surface area contributed by atoms with Crippen molar-refractivity contribution >= 4 is 12.3 Å². The molecule has 0 bridgehead atoms. The Bertz CT molecular complexity index is 927. The Morgan fingerprint density at radius 3 is 2.15 bits per heavy atom. The number of nitrogens with zero attached hydrogens (tertiary/aromatic N) is 5. The summed E-state index contributed by atoms with van der Waals surface area (Å²) in [5.74, 6) is -0.282. The number of hydrogen-bond acceptors (Lipinski definition) is 4. The average molecular weight is 385 g/mol. The molecule has 11 heteroatoms. The molecule has 0 aliphatic heterocycles. The van der Waals surface area contributed by atoms with Crippen LogP contribution in [0.5, 0.6) is 0 Å². The zero-order valence-corrected chi connectivity index (χ0v) is 13.2. The Morgan fingerprint density at radius 1 is 0.926 bits per heavy atom. The molecule has 140 valence electrons. The lowest BCUT2D eigenvalue weighted by atomic mass is 10.0. The van der Waals surface area contributed by atoms with Gasteiger partial charge >= 0.3 is 12.4 Å². The van der Waals surface area contributed by atoms with Gasteiger partial charge in [-0.1, -0.05) is 0 Å². The van der Waals surface area contributed by atoms with Crippen LogP contribution in [0.4, 0.5) is 26.3 Å². The first kappa shape index (κ1) is 18.5. The topological polar surface area (TPSA) is 56.5 Å². The lowest BCUT2D eigenvalue weighted by Gasteiger charge is -2.13. The molecule has 0 fully saturated rings. The molecular weight excluding hydrogens is 376 g/mol. The van der Waals surface area contributed by atoms with Crippen LogP contribution in [0.15, 0.2) is 42.9 Å². The van der Waals surface area contributed by atoms with Crippen LogP contribution in [-0.4, -0.2) is 25.0 Å². The zero-order chi connectivity index (χ0) is 19.7. The highest BCUT2D eigenvalue weighted by molar-refractivity contribution is 5.60. The van der Waals surface area contributed by atoms with E-state index in [2.05, 4.69) is 20.3 Å². The van der Waals surface area contributed by atoms with Crippen molar-refractivity contribution in [3.8, 4) is 11.4 Å². The summed E-state index contributed by atoms with van der Waals surface area (Å²) in [6.07, 6.45) is -4.38. The van der Waals surface area contributed by atoms with E-state index in [4.69, 9.17) is 0 Å². The number of rotatable bonds is 3. The molecular formula is C16H9F6N5. The molecule has 27 heavy (non-hydrogen) atoms. The summed E-state index contributed by atoms with van der Waals surface area (Å²) in [5, 5.41) is 11.3. The first-order chi connectivity index (χ1) is 12.6. The van der Waals surface area contributed by atoms with Gasteiger partial charge in [-0.15, -0.1) is 5.10 Å². The molecule has 1 aromatic carbocycles. The Labute approximate surface area is 148 Å². The van der Waals surface area contributed by atoms with Crippen LogP contribution in [0.2, 0.25) is 0 Å². The number of hydrogen-bond donors (Lipinski definition) is 0. The molecule has 0 aliphatic rings. The van der Waals surface area contributed by atoms with Gasteiger partial charge in [-0.05, 0) is 36.4 Å². The smallest absolute Gasteiger partial charge is 0.228 e. The molecule has 0 atom stereocenters. The Kier molecular flexibility index (Phi) is 4.68. The molecule has 0 aliphatic carbocycles. The van der Waals surface area contributed by atoms with Crippen molar-refractivity contribution in [1.82, 2.24) is 25.0 Å². The van der Waals surface area contributed by atoms with Crippen molar-refractivity contribution in [3.05, 3.63) is 59.7 Å². The van der Waals surface area contributed by atoms with E-state index in [0.717, 1.165) is 11.0 Å². The van der Waals surface area contributed by atoms with Crippen molar-refractivity contribution < 1.29 is 26.3 Å². The molecule has 2 heterocycles. The van der Waals surface area contributed by atoms with E-state index in [1.165, 1.54) is 18.5 Å². The molecule has 0 unspecified atom stereocenters. The van der Waals surface area contributed by atoms with Gasteiger partial charge in [0.15, 0.2) is 5.82 Å². The maximum absolute atomic E-state index is 12.9. The van der Waals surface area contributed by atoms with Crippen LogP contribution in [0, 0.1) is 0 Å². The van der Waals surface area contributed by atoms with Gasteiger partial charge in [-0.3, -0.25) is 0 Å². The summed E-state index contributed by atoms with van der Waals surface area (Å²) in [6, 6.07) is 4.47. The van der Waals surface area contributed by atoms with E-state index in [1.807, 2.05) is 0 Å². The molecule has 5 nitrogen and oxygen atoms in total. The second-order valence-corrected chi connectivity index (χ2v) is 5.31. The molecule has 0 radical (unpaired) electrons. The van der Waals surface area contributed by atoms with E-state index in [1.54, 1.807) is 12.1 Å². The Hall–Kier alpha value is -3.24. The fourth-order valence-electron chi connectivity index (χ4n) is 2.12. The van der Waals surface area contributed by atoms with Crippen molar-refractivity contribution in [1.29, 1.82) is 0 Å². The third kappa shape index (κ3) is 4.49. The lowest BCUT2D eigenvalue weighted by Crippen LogP contribution is -2.11. The Morgan fingerprint density at radius 2 is 1.59 bits per heavy atom. The van der Waals surface area contributed by atoms with Gasteiger partial charge in [-0.2, -0.15) is 36.5 Å². The molecule has 0 saturated heterocycles. The standard InChI is InChI=1S/C16H9F6N5/c17-15(18,19)11-6-10(7-12(8-11)16(20,21)22)14-23-9-27(26-14)5-3-13-2-1-4-24-25-13/h1-9H/b5-3+. The first-order valence-corrected chi connectivity index (χ1v) is 7.30. The normalized spacial score (nSPS) is 12.7. The predicted octanol–water partition coefficient (Wildman–Crippen LogP) is 4.40. The van der Waals surface area contributed by atoms with Crippen molar-refractivity contribution in [2.75, 3.05) is 0 Å². The third-order valence-corrected chi connectivity index (χ3v) is 3.35. The van der Waals surface area contributed by atoms with Crippen LogP contribution in [0.1, 0.15) is 16.8 Å². The van der Waals surface area contributed by atoms with E-state index >= 15 is 0 Å². The molecule has 0 spiro atoms. The van der Waals surface area contributed by atoms with Crippen LogP contribution in [0.25, 0.3) is 23.7 Å². The van der Waals surface area contributed by atoms with Gasteiger partial charge in [-0.25, -0.2) is 9.67 Å². The van der Waals surface area contributed by atoms with Crippen LogP contribution >= 0.6 is 0 Å². The third-order valence-electron chi connectivity index (χ3n) is 3.35. The monoisotopic (exact) mass is 385 g/mol. The molecule has 0 N–H and O–H groups in total. The number of aromatic nitrogens is 5. The highest BCUT2D eigenvalue weighted by Crippen LogP contribution is 2.37. The van der Waals surface area contributed by atoms with Crippen LogP contribution in [0.3, 0.4) is 0 Å². The molecule has 2 aromatic heterocycles. The molecule has 0 amide bonds. The van der Waals surface area contributed by atoms with E-state index in [9.17, 15) is 26.3 Å². The highest BCUT2D eigenvalue weighted by atomic mass is 19.4. The van der Waals surface area contributed by atoms with Gasteiger partial charge in [0, 0.05) is 18.0 Å². The number of benzene rings is 1. The molecule has 0 saturated carbocycles. The summed E-state index contributed by atoms with van der Waals surface area (Å²) < 4.78 is 78.7. The van der Waals surface area contributed by atoms with Gasteiger partial charge in [0.25, 0.3) is 0 Å². The number of halogens is 6. The summed E-state index contributed by atoms with van der Waals surface area (Å²) >= 11 is 0. The maximum Gasteiger partial charge on any atom is 0.416 e. The minimum absolute atomic E-state index is 0.0501. The van der Waals surface area contributed by atoms with Gasteiger partial charge in [0.05, 0.1) is 16.8 Å². The molecule has 3 rings (SSSR count). The van der Waals surface area contributed by atoms with Crippen molar-refractivity contribution in [2.24, 2.45) is 0 Å². The fourth-order valence-corrected chi connectivity index (χ4v) is 2.12. The van der Waals surface area contributed by atoms with Crippen LogP contribution in [-0.2, 0) is 12.4 Å². The van der Waals surface area contributed by atoms with Crippen molar-refractivity contribution in [3.63, 3.8) is 0 Å². The van der Waals surface area contributed by atoms with Crippen LogP contribution < -0.4 is 0 Å². The van der Waals surface area contributed by atoms with E-state index in [0.29, 0.717) is 17.8 Å². The van der Waals surface area contributed by atoms with Gasteiger partial charge in [0.1, 0.15) is 6.33 Å². The SMILES string of the molecule is FC(F)(F)c1cc(-c2ncn(/C=C/c3cccnn3)n2)cc(C(F)(F)F)c1. The average Bonchev–Trinajstić information content (AvgIpc) is 3.08. The summed E-state index contributed by atoms with van der Waals surface area (Å²) in [4.78, 5) is 3.77. The summed E-state index contributed by atoms with van der Waals surface area (Å²) in [7, 11) is 0.